The molecule has 0 aromatic carbocycles. The van der Waals surface area contributed by atoms with Crippen LogP contribution in [0.25, 0.3) is 0 Å². The third kappa shape index (κ3) is 4.77. The maximum Gasteiger partial charge on any atom is 0.234 e. The van der Waals surface area contributed by atoms with E-state index in [1.807, 2.05) is 6.92 Å². The van der Waals surface area contributed by atoms with Gasteiger partial charge in [0, 0.05) is 19.0 Å². The predicted octanol–water partition coefficient (Wildman–Crippen LogP) is 2.72. The van der Waals surface area contributed by atoms with Crippen LogP contribution in [0.15, 0.2) is 12.4 Å². The first-order chi connectivity index (χ1) is 8.31. The standard InChI is InChI=1S/C12H20ClN3O/c1-3-5-7-16(8-6-13)11-9-14-10-12(15-11)17-4-2/h9-10H,3-8H2,1-2H3. The Hall–Kier alpha value is -1.03. The Morgan fingerprint density at radius 1 is 1.29 bits per heavy atom. The average molecular weight is 258 g/mol. The summed E-state index contributed by atoms with van der Waals surface area (Å²) in [4.78, 5) is 10.7. The van der Waals surface area contributed by atoms with Crippen molar-refractivity contribution in [2.75, 3.05) is 30.5 Å². The SMILES string of the molecule is CCCCN(CCCl)c1cncc(OCC)n1. The van der Waals surface area contributed by atoms with Crippen LogP contribution >= 0.6 is 11.6 Å². The van der Waals surface area contributed by atoms with Crippen molar-refractivity contribution in [3.05, 3.63) is 12.4 Å². The lowest BCUT2D eigenvalue weighted by Crippen LogP contribution is -2.27. The molecular formula is C12H20ClN3O. The van der Waals surface area contributed by atoms with E-state index in [4.69, 9.17) is 16.3 Å². The van der Waals surface area contributed by atoms with Gasteiger partial charge in [-0.25, -0.2) is 0 Å². The van der Waals surface area contributed by atoms with E-state index in [0.717, 1.165) is 31.7 Å². The molecule has 0 spiro atoms. The summed E-state index contributed by atoms with van der Waals surface area (Å²) in [5.41, 5.74) is 0. The van der Waals surface area contributed by atoms with E-state index >= 15 is 0 Å². The number of alkyl halides is 1. The van der Waals surface area contributed by atoms with Crippen molar-refractivity contribution in [2.45, 2.75) is 26.7 Å². The zero-order valence-corrected chi connectivity index (χ0v) is 11.3. The minimum absolute atomic E-state index is 0.570. The smallest absolute Gasteiger partial charge is 0.234 e. The molecule has 0 N–H and O–H groups in total. The van der Waals surface area contributed by atoms with Crippen molar-refractivity contribution < 1.29 is 4.74 Å². The first kappa shape index (κ1) is 14.0. The van der Waals surface area contributed by atoms with Crippen LogP contribution in [-0.2, 0) is 0 Å². The van der Waals surface area contributed by atoms with Gasteiger partial charge in [0.2, 0.25) is 5.88 Å². The van der Waals surface area contributed by atoms with Crippen LogP contribution in [0.3, 0.4) is 0 Å². The summed E-state index contributed by atoms with van der Waals surface area (Å²) >= 11 is 5.80. The summed E-state index contributed by atoms with van der Waals surface area (Å²) in [6.45, 7) is 6.44. The average Bonchev–Trinajstić information content (AvgIpc) is 2.35. The van der Waals surface area contributed by atoms with E-state index in [0.29, 0.717) is 18.4 Å². The first-order valence-electron chi connectivity index (χ1n) is 6.07. The highest BCUT2D eigenvalue weighted by Crippen LogP contribution is 2.14. The van der Waals surface area contributed by atoms with Crippen LogP contribution in [0, 0.1) is 0 Å². The quantitative estimate of drug-likeness (QED) is 0.671. The summed E-state index contributed by atoms with van der Waals surface area (Å²) in [7, 11) is 0. The lowest BCUT2D eigenvalue weighted by molar-refractivity contribution is 0.325. The Balaban J connectivity index is 2.73. The highest BCUT2D eigenvalue weighted by molar-refractivity contribution is 6.18. The van der Waals surface area contributed by atoms with Crippen molar-refractivity contribution in [3.63, 3.8) is 0 Å². The molecule has 0 fully saturated rings. The monoisotopic (exact) mass is 257 g/mol. The molecule has 0 aliphatic carbocycles. The van der Waals surface area contributed by atoms with E-state index in [2.05, 4.69) is 21.8 Å². The number of anilines is 1. The van der Waals surface area contributed by atoms with Crippen molar-refractivity contribution in [3.8, 4) is 5.88 Å². The van der Waals surface area contributed by atoms with E-state index in [1.165, 1.54) is 0 Å². The lowest BCUT2D eigenvalue weighted by atomic mass is 10.3. The molecule has 0 aliphatic heterocycles. The van der Waals surface area contributed by atoms with Crippen molar-refractivity contribution in [1.29, 1.82) is 0 Å². The van der Waals surface area contributed by atoms with Gasteiger partial charge in [0.1, 0.15) is 0 Å². The molecule has 0 saturated heterocycles. The van der Waals surface area contributed by atoms with Gasteiger partial charge in [0.15, 0.2) is 5.82 Å². The third-order valence-corrected chi connectivity index (χ3v) is 2.52. The molecule has 96 valence electrons. The zero-order chi connectivity index (χ0) is 12.5. The highest BCUT2D eigenvalue weighted by Gasteiger charge is 2.08. The van der Waals surface area contributed by atoms with Gasteiger partial charge in [-0.05, 0) is 13.3 Å². The van der Waals surface area contributed by atoms with Crippen molar-refractivity contribution >= 4 is 17.4 Å². The Labute approximate surface area is 108 Å². The first-order valence-corrected chi connectivity index (χ1v) is 6.61. The van der Waals surface area contributed by atoms with Gasteiger partial charge in [0.05, 0.1) is 19.0 Å². The van der Waals surface area contributed by atoms with E-state index in [1.54, 1.807) is 12.4 Å². The molecule has 4 nitrogen and oxygen atoms in total. The number of halogens is 1. The third-order valence-electron chi connectivity index (χ3n) is 2.35. The van der Waals surface area contributed by atoms with Gasteiger partial charge in [-0.3, -0.25) is 4.98 Å². The van der Waals surface area contributed by atoms with E-state index < -0.39 is 0 Å². The second kappa shape index (κ2) is 8.12. The summed E-state index contributed by atoms with van der Waals surface area (Å²) in [5.74, 6) is 2.00. The minimum Gasteiger partial charge on any atom is -0.477 e. The summed E-state index contributed by atoms with van der Waals surface area (Å²) in [6, 6.07) is 0. The second-order valence-electron chi connectivity index (χ2n) is 3.68. The van der Waals surface area contributed by atoms with Crippen LogP contribution < -0.4 is 9.64 Å². The highest BCUT2D eigenvalue weighted by atomic mass is 35.5. The van der Waals surface area contributed by atoms with Crippen molar-refractivity contribution in [2.24, 2.45) is 0 Å². The van der Waals surface area contributed by atoms with Crippen LogP contribution in [-0.4, -0.2) is 35.5 Å². The van der Waals surface area contributed by atoms with Crippen LogP contribution in [0.5, 0.6) is 5.88 Å². The molecule has 0 bridgehead atoms. The number of hydrogen-bond donors (Lipinski definition) is 0. The number of ether oxygens (including phenoxy) is 1. The molecule has 17 heavy (non-hydrogen) atoms. The van der Waals surface area contributed by atoms with Gasteiger partial charge in [-0.1, -0.05) is 13.3 Å². The number of aromatic nitrogens is 2. The van der Waals surface area contributed by atoms with Crippen LogP contribution in [0.2, 0.25) is 0 Å². The maximum atomic E-state index is 5.80. The largest absolute Gasteiger partial charge is 0.477 e. The van der Waals surface area contributed by atoms with Crippen molar-refractivity contribution in [1.82, 2.24) is 9.97 Å². The van der Waals surface area contributed by atoms with E-state index in [-0.39, 0.29) is 0 Å². The number of rotatable bonds is 8. The Bertz CT molecular complexity index is 322. The minimum atomic E-state index is 0.570. The zero-order valence-electron chi connectivity index (χ0n) is 10.5. The fraction of sp³-hybridized carbons (Fsp3) is 0.667. The number of unbranched alkanes of at least 4 members (excludes halogenated alkanes) is 1. The Kier molecular flexibility index (Phi) is 6.70. The maximum absolute atomic E-state index is 5.80. The predicted molar refractivity (Wildman–Crippen MR) is 71.0 cm³/mol. The van der Waals surface area contributed by atoms with Crippen LogP contribution in [0.4, 0.5) is 5.82 Å². The fourth-order valence-electron chi connectivity index (χ4n) is 1.50. The molecule has 0 amide bonds. The van der Waals surface area contributed by atoms with Gasteiger partial charge in [0.25, 0.3) is 0 Å². The Morgan fingerprint density at radius 2 is 2.12 bits per heavy atom. The summed E-state index contributed by atoms with van der Waals surface area (Å²) in [5, 5.41) is 0. The lowest BCUT2D eigenvalue weighted by Gasteiger charge is -2.22. The van der Waals surface area contributed by atoms with Gasteiger partial charge >= 0.3 is 0 Å². The molecule has 0 aliphatic rings. The van der Waals surface area contributed by atoms with Gasteiger partial charge in [-0.15, -0.1) is 11.6 Å². The second-order valence-corrected chi connectivity index (χ2v) is 4.06. The topological polar surface area (TPSA) is 38.2 Å². The molecule has 1 aromatic rings. The summed E-state index contributed by atoms with van der Waals surface area (Å²) < 4.78 is 5.35. The van der Waals surface area contributed by atoms with Gasteiger partial charge < -0.3 is 9.64 Å². The molecule has 0 radical (unpaired) electrons. The molecule has 1 heterocycles. The molecule has 1 rings (SSSR count). The molecular weight excluding hydrogens is 238 g/mol. The molecule has 0 atom stereocenters. The van der Waals surface area contributed by atoms with Crippen LogP contribution in [0.1, 0.15) is 26.7 Å². The molecule has 1 aromatic heterocycles. The fourth-order valence-corrected chi connectivity index (χ4v) is 1.70. The normalized spacial score (nSPS) is 10.3. The number of hydrogen-bond acceptors (Lipinski definition) is 4. The molecule has 0 unspecified atom stereocenters. The van der Waals surface area contributed by atoms with E-state index in [9.17, 15) is 0 Å². The molecule has 5 heteroatoms. The van der Waals surface area contributed by atoms with Gasteiger partial charge in [-0.2, -0.15) is 4.98 Å². The number of nitrogens with zero attached hydrogens (tertiary/aromatic N) is 3. The Morgan fingerprint density at radius 3 is 2.76 bits per heavy atom. The summed E-state index contributed by atoms with van der Waals surface area (Å²) in [6.07, 6.45) is 5.66. The molecule has 0 saturated carbocycles.